The molecule has 0 fully saturated rings. The van der Waals surface area contributed by atoms with E-state index in [-0.39, 0.29) is 12.4 Å². The van der Waals surface area contributed by atoms with Crippen LogP contribution in [0.3, 0.4) is 0 Å². The number of allylic oxidation sites excluding steroid dienone is 2. The molecule has 0 rings (SSSR count). The van der Waals surface area contributed by atoms with Gasteiger partial charge in [0.2, 0.25) is 0 Å². The summed E-state index contributed by atoms with van der Waals surface area (Å²) in [4.78, 5) is 0. The summed E-state index contributed by atoms with van der Waals surface area (Å²) in [5.74, 6) is 0. The van der Waals surface area contributed by atoms with Crippen LogP contribution in [0.1, 0.15) is 39.5 Å². The number of hydrogen-bond acceptors (Lipinski definition) is 0. The van der Waals surface area contributed by atoms with Crippen LogP contribution in [0.2, 0.25) is 0 Å². The van der Waals surface area contributed by atoms with E-state index in [1.807, 2.05) is 0 Å². The zero-order valence-corrected chi connectivity index (χ0v) is 7.21. The van der Waals surface area contributed by atoms with Gasteiger partial charge in [0.25, 0.3) is 0 Å². The van der Waals surface area contributed by atoms with E-state index in [2.05, 4.69) is 26.0 Å². The van der Waals surface area contributed by atoms with Crippen molar-refractivity contribution < 1.29 is 0 Å². The molecule has 0 nitrogen and oxygen atoms in total. The Morgan fingerprint density at radius 1 is 1.11 bits per heavy atom. The average molecular weight is 149 g/mol. The van der Waals surface area contributed by atoms with Crippen LogP contribution in [0.5, 0.6) is 0 Å². The van der Waals surface area contributed by atoms with Crippen molar-refractivity contribution in [3.05, 3.63) is 12.2 Å². The standard InChI is InChI=1S/C8H16.ClH/c1-3-5-7-8-6-4-2;/h5,7H,3-4,6,8H2,1-2H3;1H. The van der Waals surface area contributed by atoms with Crippen LogP contribution >= 0.6 is 12.4 Å². The van der Waals surface area contributed by atoms with Crippen LogP contribution in [0.4, 0.5) is 0 Å². The van der Waals surface area contributed by atoms with Crippen molar-refractivity contribution in [2.75, 3.05) is 0 Å². The summed E-state index contributed by atoms with van der Waals surface area (Å²) in [6.45, 7) is 4.39. The summed E-state index contributed by atoms with van der Waals surface area (Å²) < 4.78 is 0. The second kappa shape index (κ2) is 10.9. The molecule has 0 aliphatic carbocycles. The molecule has 0 aromatic rings. The lowest BCUT2D eigenvalue weighted by Crippen LogP contribution is -1.65. The number of unbranched alkanes of at least 4 members (excludes halogenated alkanes) is 2. The lowest BCUT2D eigenvalue weighted by Gasteiger charge is -1.85. The molecule has 0 radical (unpaired) electrons. The molecular weight excluding hydrogens is 132 g/mol. The summed E-state index contributed by atoms with van der Waals surface area (Å²) in [6, 6.07) is 0. The Hall–Kier alpha value is 0.0300. The minimum atomic E-state index is 0. The monoisotopic (exact) mass is 148 g/mol. The van der Waals surface area contributed by atoms with E-state index in [0.717, 1.165) is 0 Å². The van der Waals surface area contributed by atoms with Crippen molar-refractivity contribution in [1.82, 2.24) is 0 Å². The molecule has 0 aliphatic rings. The highest BCUT2D eigenvalue weighted by molar-refractivity contribution is 5.85. The Morgan fingerprint density at radius 2 is 1.78 bits per heavy atom. The summed E-state index contributed by atoms with van der Waals surface area (Å²) in [5.41, 5.74) is 0. The van der Waals surface area contributed by atoms with E-state index in [1.54, 1.807) is 0 Å². The smallest absolute Gasteiger partial charge is 0.0351 e. The maximum Gasteiger partial charge on any atom is -0.0351 e. The van der Waals surface area contributed by atoms with E-state index < -0.39 is 0 Å². The van der Waals surface area contributed by atoms with Gasteiger partial charge < -0.3 is 0 Å². The Bertz CT molecular complexity index is 57.6. The number of rotatable bonds is 4. The maximum atomic E-state index is 2.27. The van der Waals surface area contributed by atoms with Crippen LogP contribution in [-0.4, -0.2) is 0 Å². The third kappa shape index (κ3) is 11.5. The second-order valence-corrected chi connectivity index (χ2v) is 2.02. The maximum absolute atomic E-state index is 2.27. The van der Waals surface area contributed by atoms with E-state index in [0.29, 0.717) is 0 Å². The van der Waals surface area contributed by atoms with Gasteiger partial charge in [-0.2, -0.15) is 0 Å². The minimum absolute atomic E-state index is 0. The van der Waals surface area contributed by atoms with Gasteiger partial charge in [0.05, 0.1) is 0 Å². The van der Waals surface area contributed by atoms with Crippen LogP contribution in [0, 0.1) is 0 Å². The lowest BCUT2D eigenvalue weighted by molar-refractivity contribution is 0.812. The fraction of sp³-hybridized carbons (Fsp3) is 0.750. The fourth-order valence-corrected chi connectivity index (χ4v) is 0.606. The number of hydrogen-bond donors (Lipinski definition) is 0. The molecule has 0 amide bonds. The zero-order valence-electron chi connectivity index (χ0n) is 6.39. The van der Waals surface area contributed by atoms with E-state index in [4.69, 9.17) is 0 Å². The first-order valence-electron chi connectivity index (χ1n) is 3.56. The quantitative estimate of drug-likeness (QED) is 0.423. The largest absolute Gasteiger partial charge is 0.147 e. The molecule has 56 valence electrons. The van der Waals surface area contributed by atoms with E-state index >= 15 is 0 Å². The molecule has 0 atom stereocenters. The molecule has 0 unspecified atom stereocenters. The first kappa shape index (κ1) is 11.8. The third-order valence-electron chi connectivity index (χ3n) is 1.13. The molecule has 1 heteroatoms. The summed E-state index contributed by atoms with van der Waals surface area (Å²) >= 11 is 0. The van der Waals surface area contributed by atoms with E-state index in [1.165, 1.54) is 25.7 Å². The van der Waals surface area contributed by atoms with Crippen LogP contribution in [0.15, 0.2) is 12.2 Å². The van der Waals surface area contributed by atoms with Gasteiger partial charge in [-0.3, -0.25) is 0 Å². The fourth-order valence-electron chi connectivity index (χ4n) is 0.606. The van der Waals surface area contributed by atoms with Crippen molar-refractivity contribution in [2.24, 2.45) is 0 Å². The van der Waals surface area contributed by atoms with Crippen molar-refractivity contribution in [2.45, 2.75) is 39.5 Å². The van der Waals surface area contributed by atoms with E-state index in [9.17, 15) is 0 Å². The zero-order chi connectivity index (χ0) is 6.24. The lowest BCUT2D eigenvalue weighted by atomic mass is 10.2. The van der Waals surface area contributed by atoms with Gasteiger partial charge in [-0.15, -0.1) is 12.4 Å². The molecule has 0 aromatic heterocycles. The molecule has 9 heavy (non-hydrogen) atoms. The summed E-state index contributed by atoms with van der Waals surface area (Å²) in [5, 5.41) is 0. The minimum Gasteiger partial charge on any atom is -0.147 e. The van der Waals surface area contributed by atoms with Gasteiger partial charge in [-0.05, 0) is 12.8 Å². The molecule has 0 bridgehead atoms. The molecule has 0 saturated carbocycles. The molecule has 0 aromatic carbocycles. The van der Waals surface area contributed by atoms with Crippen molar-refractivity contribution in [3.63, 3.8) is 0 Å². The Morgan fingerprint density at radius 3 is 2.22 bits per heavy atom. The predicted octanol–water partition coefficient (Wildman–Crippen LogP) is 3.56. The Labute approximate surface area is 64.8 Å². The SMILES string of the molecule is CCC=CCCCC.Cl. The van der Waals surface area contributed by atoms with Crippen LogP contribution in [-0.2, 0) is 0 Å². The van der Waals surface area contributed by atoms with Crippen molar-refractivity contribution in [3.8, 4) is 0 Å². The third-order valence-corrected chi connectivity index (χ3v) is 1.13. The molecule has 0 N–H and O–H groups in total. The molecular formula is C8H17Cl. The highest BCUT2D eigenvalue weighted by Crippen LogP contribution is 1.94. The van der Waals surface area contributed by atoms with Crippen LogP contribution in [0.25, 0.3) is 0 Å². The van der Waals surface area contributed by atoms with Crippen molar-refractivity contribution >= 4 is 12.4 Å². The average Bonchev–Trinajstić information content (AvgIpc) is 1.81. The summed E-state index contributed by atoms with van der Waals surface area (Å²) in [6.07, 6.45) is 9.61. The predicted molar refractivity (Wildman–Crippen MR) is 46.2 cm³/mol. The van der Waals surface area contributed by atoms with Gasteiger partial charge in [-0.25, -0.2) is 0 Å². The van der Waals surface area contributed by atoms with Gasteiger partial charge in [-0.1, -0.05) is 38.8 Å². The Kier molecular flexibility index (Phi) is 14.3. The van der Waals surface area contributed by atoms with Gasteiger partial charge >= 0.3 is 0 Å². The van der Waals surface area contributed by atoms with Crippen molar-refractivity contribution in [1.29, 1.82) is 0 Å². The van der Waals surface area contributed by atoms with Gasteiger partial charge in [0, 0.05) is 0 Å². The highest BCUT2D eigenvalue weighted by Gasteiger charge is 1.74. The molecule has 0 spiro atoms. The highest BCUT2D eigenvalue weighted by atomic mass is 35.5. The molecule has 0 saturated heterocycles. The number of halogens is 1. The first-order chi connectivity index (χ1) is 3.91. The van der Waals surface area contributed by atoms with Gasteiger partial charge in [0.15, 0.2) is 0 Å². The topological polar surface area (TPSA) is 0 Å². The summed E-state index contributed by atoms with van der Waals surface area (Å²) in [7, 11) is 0. The molecule has 0 heterocycles. The molecule has 0 aliphatic heterocycles. The first-order valence-corrected chi connectivity index (χ1v) is 3.56. The van der Waals surface area contributed by atoms with Crippen LogP contribution < -0.4 is 0 Å². The van der Waals surface area contributed by atoms with Gasteiger partial charge in [0.1, 0.15) is 0 Å². The Balaban J connectivity index is 0. The normalized spacial score (nSPS) is 9.56. The second-order valence-electron chi connectivity index (χ2n) is 2.02.